The molecule has 0 amide bonds. The maximum absolute atomic E-state index is 13.5. The van der Waals surface area contributed by atoms with Crippen molar-refractivity contribution in [1.82, 2.24) is 10.1 Å². The first-order valence-electron chi connectivity index (χ1n) is 6.64. The average Bonchev–Trinajstić information content (AvgIpc) is 3.02. The summed E-state index contributed by atoms with van der Waals surface area (Å²) < 4.78 is 23.4. The van der Waals surface area contributed by atoms with Gasteiger partial charge in [0.25, 0.3) is 5.89 Å². The van der Waals surface area contributed by atoms with Crippen LogP contribution in [0.25, 0.3) is 11.4 Å². The summed E-state index contributed by atoms with van der Waals surface area (Å²) in [5, 5.41) is 4.25. The summed E-state index contributed by atoms with van der Waals surface area (Å²) in [7, 11) is 0. The highest BCUT2D eigenvalue weighted by Crippen LogP contribution is 2.25. The smallest absolute Gasteiger partial charge is 0.341 e. The number of nitrogens with zero attached hydrogens (tertiary/aromatic N) is 2. The lowest BCUT2D eigenvalue weighted by atomic mass is 10.2. The molecule has 0 spiro atoms. The lowest BCUT2D eigenvalue weighted by molar-refractivity contribution is 0.0424. The van der Waals surface area contributed by atoms with Crippen LogP contribution < -0.4 is 0 Å². The molecule has 23 heavy (non-hydrogen) atoms. The van der Waals surface area contributed by atoms with E-state index in [1.807, 2.05) is 0 Å². The van der Waals surface area contributed by atoms with Crippen molar-refractivity contribution in [2.45, 2.75) is 6.61 Å². The highest BCUT2D eigenvalue weighted by atomic mass is 35.5. The van der Waals surface area contributed by atoms with Crippen molar-refractivity contribution in [1.29, 1.82) is 0 Å². The Hall–Kier alpha value is -2.73. The molecule has 0 atom stereocenters. The fourth-order valence-corrected chi connectivity index (χ4v) is 2.12. The third kappa shape index (κ3) is 3.37. The highest BCUT2D eigenvalue weighted by Gasteiger charge is 2.16. The third-order valence-corrected chi connectivity index (χ3v) is 3.33. The van der Waals surface area contributed by atoms with Crippen LogP contribution in [-0.2, 0) is 11.3 Å². The molecule has 0 saturated carbocycles. The minimum Gasteiger partial charge on any atom is -0.452 e. The van der Waals surface area contributed by atoms with E-state index in [4.69, 9.17) is 20.9 Å². The van der Waals surface area contributed by atoms with Crippen LogP contribution in [0.3, 0.4) is 0 Å². The second-order valence-corrected chi connectivity index (χ2v) is 4.95. The van der Waals surface area contributed by atoms with Crippen molar-refractivity contribution in [3.63, 3.8) is 0 Å². The fraction of sp³-hybridized carbons (Fsp3) is 0.0625. The molecule has 7 heteroatoms. The van der Waals surface area contributed by atoms with Gasteiger partial charge in [-0.1, -0.05) is 41.0 Å². The molecule has 5 nitrogen and oxygen atoms in total. The first kappa shape index (κ1) is 15.2. The van der Waals surface area contributed by atoms with Gasteiger partial charge < -0.3 is 9.26 Å². The van der Waals surface area contributed by atoms with Gasteiger partial charge in [0.2, 0.25) is 5.82 Å². The summed E-state index contributed by atoms with van der Waals surface area (Å²) in [6.07, 6.45) is 0. The lowest BCUT2D eigenvalue weighted by Crippen LogP contribution is -2.07. The summed E-state index contributed by atoms with van der Waals surface area (Å²) in [6, 6.07) is 12.5. The predicted octanol–water partition coefficient (Wildman–Crippen LogP) is 3.89. The van der Waals surface area contributed by atoms with Crippen molar-refractivity contribution >= 4 is 17.6 Å². The minimum atomic E-state index is -0.805. The van der Waals surface area contributed by atoms with E-state index in [-0.39, 0.29) is 23.9 Å². The minimum absolute atomic E-state index is 0.0876. The van der Waals surface area contributed by atoms with E-state index in [0.717, 1.165) is 0 Å². The summed E-state index contributed by atoms with van der Waals surface area (Å²) in [5.74, 6) is -1.09. The van der Waals surface area contributed by atoms with Gasteiger partial charge >= 0.3 is 5.97 Å². The maximum Gasteiger partial charge on any atom is 0.341 e. The van der Waals surface area contributed by atoms with E-state index >= 15 is 0 Å². The molecule has 0 unspecified atom stereocenters. The van der Waals surface area contributed by atoms with E-state index in [0.29, 0.717) is 10.6 Å². The van der Waals surface area contributed by atoms with Gasteiger partial charge in [0, 0.05) is 5.56 Å². The third-order valence-electron chi connectivity index (χ3n) is 3.00. The van der Waals surface area contributed by atoms with Crippen LogP contribution in [0.2, 0.25) is 5.02 Å². The number of halogens is 2. The molecular formula is C16H10ClFN2O3. The molecule has 116 valence electrons. The molecule has 0 saturated heterocycles. The Bertz CT molecular complexity index is 851. The number of ether oxygens (including phenoxy) is 1. The van der Waals surface area contributed by atoms with Gasteiger partial charge in [-0.2, -0.15) is 4.98 Å². The summed E-state index contributed by atoms with van der Waals surface area (Å²) in [4.78, 5) is 15.9. The van der Waals surface area contributed by atoms with Gasteiger partial charge in [-0.25, -0.2) is 9.18 Å². The largest absolute Gasteiger partial charge is 0.452 e. The first-order valence-corrected chi connectivity index (χ1v) is 7.02. The van der Waals surface area contributed by atoms with Crippen LogP contribution in [0.1, 0.15) is 16.2 Å². The monoisotopic (exact) mass is 332 g/mol. The molecule has 0 N–H and O–H groups in total. The molecule has 0 aliphatic rings. The summed E-state index contributed by atoms with van der Waals surface area (Å²) >= 11 is 6.04. The van der Waals surface area contributed by atoms with E-state index < -0.39 is 11.8 Å². The fourth-order valence-electron chi connectivity index (χ4n) is 1.90. The van der Waals surface area contributed by atoms with Gasteiger partial charge in [0.1, 0.15) is 5.82 Å². The van der Waals surface area contributed by atoms with Gasteiger partial charge in [-0.15, -0.1) is 0 Å². The van der Waals surface area contributed by atoms with Gasteiger partial charge in [-0.05, 0) is 24.3 Å². The Kier molecular flexibility index (Phi) is 4.34. The zero-order valence-corrected chi connectivity index (χ0v) is 12.5. The second-order valence-electron chi connectivity index (χ2n) is 4.55. The van der Waals surface area contributed by atoms with Crippen molar-refractivity contribution < 1.29 is 18.4 Å². The quantitative estimate of drug-likeness (QED) is 0.678. The number of hydrogen-bond acceptors (Lipinski definition) is 5. The molecule has 0 radical (unpaired) electrons. The zero-order valence-electron chi connectivity index (χ0n) is 11.7. The maximum atomic E-state index is 13.5. The molecule has 0 aliphatic carbocycles. The Balaban J connectivity index is 1.70. The summed E-state index contributed by atoms with van der Waals surface area (Å²) in [6.45, 7) is -0.259. The van der Waals surface area contributed by atoms with Crippen LogP contribution in [0.4, 0.5) is 4.39 Å². The van der Waals surface area contributed by atoms with E-state index in [2.05, 4.69) is 10.1 Å². The van der Waals surface area contributed by atoms with Crippen LogP contribution in [0.15, 0.2) is 53.1 Å². The number of aromatic nitrogens is 2. The average molecular weight is 333 g/mol. The molecule has 2 aromatic carbocycles. The molecular weight excluding hydrogens is 323 g/mol. The SMILES string of the molecule is O=C(OCc1nc(-c2ccccc2Cl)no1)c1ccccc1F. The number of hydrogen-bond donors (Lipinski definition) is 0. The van der Waals surface area contributed by atoms with Gasteiger partial charge in [-0.3, -0.25) is 0 Å². The predicted molar refractivity (Wildman–Crippen MR) is 80.3 cm³/mol. The number of carbonyl (C=O) groups is 1. The van der Waals surface area contributed by atoms with Crippen LogP contribution in [0, 0.1) is 5.82 Å². The van der Waals surface area contributed by atoms with Gasteiger partial charge in [0.15, 0.2) is 6.61 Å². The standard InChI is InChI=1S/C16H10ClFN2O3/c17-12-7-3-1-5-10(12)15-19-14(23-20-15)9-22-16(21)11-6-2-4-8-13(11)18/h1-8H,9H2. The van der Waals surface area contributed by atoms with E-state index in [1.54, 1.807) is 30.3 Å². The summed E-state index contributed by atoms with van der Waals surface area (Å²) in [5.41, 5.74) is 0.447. The molecule has 1 heterocycles. The van der Waals surface area contributed by atoms with Crippen molar-refractivity contribution in [3.05, 3.63) is 70.8 Å². The molecule has 3 rings (SSSR count). The highest BCUT2D eigenvalue weighted by molar-refractivity contribution is 6.33. The Morgan fingerprint density at radius 3 is 2.70 bits per heavy atom. The molecule has 0 aliphatic heterocycles. The number of benzene rings is 2. The molecule has 3 aromatic rings. The topological polar surface area (TPSA) is 65.2 Å². The van der Waals surface area contributed by atoms with Gasteiger partial charge in [0.05, 0.1) is 10.6 Å². The van der Waals surface area contributed by atoms with E-state index in [9.17, 15) is 9.18 Å². The molecule has 1 aromatic heterocycles. The Morgan fingerprint density at radius 2 is 1.91 bits per heavy atom. The van der Waals surface area contributed by atoms with Crippen LogP contribution in [0.5, 0.6) is 0 Å². The number of carbonyl (C=O) groups excluding carboxylic acids is 1. The number of esters is 1. The zero-order chi connectivity index (χ0) is 16.2. The molecule has 0 fully saturated rings. The van der Waals surface area contributed by atoms with Crippen molar-refractivity contribution in [2.24, 2.45) is 0 Å². The van der Waals surface area contributed by atoms with E-state index in [1.165, 1.54) is 18.2 Å². The van der Waals surface area contributed by atoms with Crippen molar-refractivity contribution in [3.8, 4) is 11.4 Å². The Labute approximate surface area is 135 Å². The van der Waals surface area contributed by atoms with Crippen LogP contribution >= 0.6 is 11.6 Å². The van der Waals surface area contributed by atoms with Crippen molar-refractivity contribution in [2.75, 3.05) is 0 Å². The molecule has 0 bridgehead atoms. The Morgan fingerprint density at radius 1 is 1.17 bits per heavy atom. The second kappa shape index (κ2) is 6.58. The number of rotatable bonds is 4. The van der Waals surface area contributed by atoms with Crippen LogP contribution in [-0.4, -0.2) is 16.1 Å². The first-order chi connectivity index (χ1) is 11.1. The lowest BCUT2D eigenvalue weighted by Gasteiger charge is -2.02. The normalized spacial score (nSPS) is 10.5.